The molecule has 0 aliphatic heterocycles. The minimum Gasteiger partial charge on any atom is -0.455 e. The van der Waals surface area contributed by atoms with Crippen molar-refractivity contribution in [1.29, 1.82) is 0 Å². The number of hydrogen-bond donors (Lipinski definition) is 1. The molecule has 0 N–H and O–H groups in total. The van der Waals surface area contributed by atoms with Gasteiger partial charge in [0.15, 0.2) is 5.76 Å². The standard InChI is InChI=1S/C15H9FO2S/c16-10-5-3-4-9(8-10)14-15(19)13(17)11-6-1-2-7-12(11)18-14/h1-8,19H. The summed E-state index contributed by atoms with van der Waals surface area (Å²) in [5.74, 6) is -0.104. The Hall–Kier alpha value is -2.07. The Balaban J connectivity index is 2.36. The summed E-state index contributed by atoms with van der Waals surface area (Å²) in [5.41, 5.74) is 0.738. The van der Waals surface area contributed by atoms with Crippen LogP contribution in [0.15, 0.2) is 62.6 Å². The van der Waals surface area contributed by atoms with Crippen molar-refractivity contribution in [2.24, 2.45) is 0 Å². The summed E-state index contributed by atoms with van der Waals surface area (Å²) in [6, 6.07) is 12.8. The minimum atomic E-state index is -0.388. The van der Waals surface area contributed by atoms with Gasteiger partial charge in [-0.1, -0.05) is 24.3 Å². The fraction of sp³-hybridized carbons (Fsp3) is 0. The molecular formula is C15H9FO2S. The Morgan fingerprint density at radius 1 is 1.05 bits per heavy atom. The lowest BCUT2D eigenvalue weighted by atomic mass is 10.1. The molecule has 1 aromatic heterocycles. The smallest absolute Gasteiger partial charge is 0.206 e. The molecule has 4 heteroatoms. The van der Waals surface area contributed by atoms with Crippen LogP contribution in [-0.4, -0.2) is 0 Å². The van der Waals surface area contributed by atoms with Crippen molar-refractivity contribution in [3.8, 4) is 11.3 Å². The van der Waals surface area contributed by atoms with Crippen molar-refractivity contribution in [2.75, 3.05) is 0 Å². The first-order chi connectivity index (χ1) is 9.16. The molecule has 0 saturated carbocycles. The van der Waals surface area contributed by atoms with Crippen molar-refractivity contribution >= 4 is 23.6 Å². The average molecular weight is 272 g/mol. The van der Waals surface area contributed by atoms with Crippen LogP contribution in [0.25, 0.3) is 22.3 Å². The van der Waals surface area contributed by atoms with Crippen LogP contribution >= 0.6 is 12.6 Å². The molecule has 0 aliphatic carbocycles. The molecule has 0 spiro atoms. The number of thiol groups is 1. The zero-order valence-corrected chi connectivity index (χ0v) is 10.7. The van der Waals surface area contributed by atoms with E-state index < -0.39 is 0 Å². The van der Waals surface area contributed by atoms with Gasteiger partial charge in [-0.05, 0) is 24.3 Å². The number of para-hydroxylation sites is 1. The van der Waals surface area contributed by atoms with E-state index in [9.17, 15) is 9.18 Å². The largest absolute Gasteiger partial charge is 0.455 e. The molecule has 0 bridgehead atoms. The lowest BCUT2D eigenvalue weighted by molar-refractivity contribution is 0.600. The van der Waals surface area contributed by atoms with E-state index in [2.05, 4.69) is 12.6 Å². The van der Waals surface area contributed by atoms with E-state index in [1.165, 1.54) is 12.1 Å². The van der Waals surface area contributed by atoms with Gasteiger partial charge in [0.05, 0.1) is 10.3 Å². The Morgan fingerprint density at radius 2 is 1.84 bits per heavy atom. The number of benzene rings is 2. The molecule has 2 aromatic carbocycles. The summed E-state index contributed by atoms with van der Waals surface area (Å²) in [6.07, 6.45) is 0. The summed E-state index contributed by atoms with van der Waals surface area (Å²) in [5, 5.41) is 0.465. The minimum absolute atomic E-state index is 0.185. The molecule has 1 heterocycles. The first-order valence-electron chi connectivity index (χ1n) is 5.67. The van der Waals surface area contributed by atoms with Gasteiger partial charge in [-0.3, -0.25) is 4.79 Å². The van der Waals surface area contributed by atoms with Crippen molar-refractivity contribution in [3.63, 3.8) is 0 Å². The Morgan fingerprint density at radius 3 is 2.63 bits per heavy atom. The molecule has 3 rings (SSSR count). The van der Waals surface area contributed by atoms with Crippen LogP contribution in [0.2, 0.25) is 0 Å². The molecule has 94 valence electrons. The van der Waals surface area contributed by atoms with E-state index in [0.29, 0.717) is 16.5 Å². The van der Waals surface area contributed by atoms with Crippen LogP contribution < -0.4 is 5.43 Å². The topological polar surface area (TPSA) is 30.2 Å². The van der Waals surface area contributed by atoms with Gasteiger partial charge < -0.3 is 4.42 Å². The molecule has 2 nitrogen and oxygen atoms in total. The van der Waals surface area contributed by atoms with Crippen LogP contribution in [0.5, 0.6) is 0 Å². The first-order valence-corrected chi connectivity index (χ1v) is 6.12. The first kappa shape index (κ1) is 12.0. The van der Waals surface area contributed by atoms with E-state index in [-0.39, 0.29) is 21.9 Å². The molecule has 3 aromatic rings. The highest BCUT2D eigenvalue weighted by molar-refractivity contribution is 7.80. The van der Waals surface area contributed by atoms with Gasteiger partial charge in [-0.15, -0.1) is 12.6 Å². The van der Waals surface area contributed by atoms with Crippen LogP contribution in [-0.2, 0) is 0 Å². The van der Waals surface area contributed by atoms with Gasteiger partial charge in [-0.2, -0.15) is 0 Å². The molecule has 0 atom stereocenters. The Labute approximate surface area is 113 Å². The van der Waals surface area contributed by atoms with Crippen molar-refractivity contribution in [2.45, 2.75) is 4.90 Å². The van der Waals surface area contributed by atoms with Crippen molar-refractivity contribution in [3.05, 3.63) is 64.6 Å². The van der Waals surface area contributed by atoms with Gasteiger partial charge >= 0.3 is 0 Å². The quantitative estimate of drug-likeness (QED) is 0.681. The van der Waals surface area contributed by atoms with Crippen LogP contribution in [0.4, 0.5) is 4.39 Å². The van der Waals surface area contributed by atoms with Gasteiger partial charge in [0, 0.05) is 5.56 Å². The summed E-state index contributed by atoms with van der Waals surface area (Å²) in [7, 11) is 0. The van der Waals surface area contributed by atoms with Crippen molar-refractivity contribution < 1.29 is 8.81 Å². The zero-order valence-electron chi connectivity index (χ0n) is 9.76. The fourth-order valence-corrected chi connectivity index (χ4v) is 2.25. The van der Waals surface area contributed by atoms with E-state index in [4.69, 9.17) is 4.42 Å². The summed E-state index contributed by atoms with van der Waals surface area (Å²) in [6.45, 7) is 0. The second-order valence-electron chi connectivity index (χ2n) is 4.12. The van der Waals surface area contributed by atoms with Crippen LogP contribution in [0.3, 0.4) is 0 Å². The highest BCUT2D eigenvalue weighted by Gasteiger charge is 2.13. The third-order valence-electron chi connectivity index (χ3n) is 2.86. The van der Waals surface area contributed by atoms with Gasteiger partial charge in [0.1, 0.15) is 11.4 Å². The summed E-state index contributed by atoms with van der Waals surface area (Å²) < 4.78 is 18.9. The third kappa shape index (κ3) is 2.04. The number of hydrogen-bond acceptors (Lipinski definition) is 3. The maximum absolute atomic E-state index is 13.3. The van der Waals surface area contributed by atoms with Crippen molar-refractivity contribution in [1.82, 2.24) is 0 Å². The Kier molecular flexibility index (Phi) is 2.87. The van der Waals surface area contributed by atoms with Gasteiger partial charge in [-0.25, -0.2) is 4.39 Å². The molecule has 0 saturated heterocycles. The number of fused-ring (bicyclic) bond motifs is 1. The predicted octanol–water partition coefficient (Wildman–Crippen LogP) is 3.89. The van der Waals surface area contributed by atoms with E-state index in [0.717, 1.165) is 0 Å². The molecule has 0 fully saturated rings. The molecule has 0 amide bonds. The zero-order chi connectivity index (χ0) is 13.4. The monoisotopic (exact) mass is 272 g/mol. The normalized spacial score (nSPS) is 10.8. The maximum Gasteiger partial charge on any atom is 0.206 e. The lowest BCUT2D eigenvalue weighted by Gasteiger charge is -2.06. The van der Waals surface area contributed by atoms with Gasteiger partial charge in [0.2, 0.25) is 5.43 Å². The second-order valence-corrected chi connectivity index (χ2v) is 4.56. The maximum atomic E-state index is 13.3. The summed E-state index contributed by atoms with van der Waals surface area (Å²) >= 11 is 4.20. The molecule has 19 heavy (non-hydrogen) atoms. The van der Waals surface area contributed by atoms with Crippen LogP contribution in [0, 0.1) is 5.82 Å². The third-order valence-corrected chi connectivity index (χ3v) is 3.27. The molecule has 0 aliphatic rings. The summed E-state index contributed by atoms with van der Waals surface area (Å²) in [4.78, 5) is 12.4. The lowest BCUT2D eigenvalue weighted by Crippen LogP contribution is -2.04. The number of halogens is 1. The highest BCUT2D eigenvalue weighted by atomic mass is 32.1. The highest BCUT2D eigenvalue weighted by Crippen LogP contribution is 2.28. The molecule has 0 radical (unpaired) electrons. The van der Waals surface area contributed by atoms with Gasteiger partial charge in [0.25, 0.3) is 0 Å². The number of rotatable bonds is 1. The van der Waals surface area contributed by atoms with E-state index in [1.807, 2.05) is 0 Å². The van der Waals surface area contributed by atoms with Crippen LogP contribution in [0.1, 0.15) is 0 Å². The molecular weight excluding hydrogens is 263 g/mol. The second kappa shape index (κ2) is 4.55. The molecule has 0 unspecified atom stereocenters. The predicted molar refractivity (Wildman–Crippen MR) is 75.1 cm³/mol. The van der Waals surface area contributed by atoms with E-state index >= 15 is 0 Å². The fourth-order valence-electron chi connectivity index (χ4n) is 1.96. The average Bonchev–Trinajstić information content (AvgIpc) is 2.43. The SMILES string of the molecule is O=c1c(S)c(-c2cccc(F)c2)oc2ccccc12. The van der Waals surface area contributed by atoms with E-state index in [1.54, 1.807) is 36.4 Å². The Bertz CT molecular complexity index is 824.